The summed E-state index contributed by atoms with van der Waals surface area (Å²) in [7, 11) is 2.11. The van der Waals surface area contributed by atoms with Gasteiger partial charge in [-0.3, -0.25) is 0 Å². The lowest BCUT2D eigenvalue weighted by atomic mass is 10.2. The molecule has 51 valence electrons. The molecule has 0 aromatic heterocycles. The topological polar surface area (TPSA) is 3.24 Å². The standard InChI is InChI=1S/C9H10N/c1-10-7-6-8-4-2-3-5-9(8)10/h2-6H,7H2,1H3. The highest BCUT2D eigenvalue weighted by molar-refractivity contribution is 5.61. The van der Waals surface area contributed by atoms with Crippen molar-refractivity contribution in [2.24, 2.45) is 0 Å². The molecule has 1 aliphatic rings. The molecule has 0 N–H and O–H groups in total. The van der Waals surface area contributed by atoms with Gasteiger partial charge in [0.1, 0.15) is 0 Å². The lowest BCUT2D eigenvalue weighted by Gasteiger charge is -2.10. The van der Waals surface area contributed by atoms with Gasteiger partial charge in [0.2, 0.25) is 0 Å². The molecule has 0 unspecified atom stereocenters. The first-order valence-corrected chi connectivity index (χ1v) is 3.51. The number of hydrogen-bond acceptors (Lipinski definition) is 1. The molecule has 0 aliphatic carbocycles. The molecule has 0 saturated carbocycles. The van der Waals surface area contributed by atoms with Gasteiger partial charge >= 0.3 is 0 Å². The summed E-state index contributed by atoms with van der Waals surface area (Å²) in [5.74, 6) is 0. The van der Waals surface area contributed by atoms with E-state index in [0.717, 1.165) is 6.54 Å². The number of para-hydroxylation sites is 1. The van der Waals surface area contributed by atoms with Gasteiger partial charge in [-0.25, -0.2) is 0 Å². The fraction of sp³-hybridized carbons (Fsp3) is 0.222. The Morgan fingerprint density at radius 3 is 2.90 bits per heavy atom. The van der Waals surface area contributed by atoms with Crippen LogP contribution < -0.4 is 4.90 Å². The minimum Gasteiger partial charge on any atom is -0.374 e. The lowest BCUT2D eigenvalue weighted by molar-refractivity contribution is 1.05. The second kappa shape index (κ2) is 2.01. The van der Waals surface area contributed by atoms with E-state index in [4.69, 9.17) is 0 Å². The number of nitrogens with zero attached hydrogens (tertiary/aromatic N) is 1. The SMILES string of the molecule is CN1C[CH]c2ccccc21. The molecule has 2 rings (SSSR count). The number of benzene rings is 1. The Labute approximate surface area is 61.3 Å². The lowest BCUT2D eigenvalue weighted by Crippen LogP contribution is -2.11. The van der Waals surface area contributed by atoms with Crippen LogP contribution in [0.4, 0.5) is 5.69 Å². The average Bonchev–Trinajstić information content (AvgIpc) is 2.34. The second-order valence-electron chi connectivity index (χ2n) is 2.64. The van der Waals surface area contributed by atoms with E-state index < -0.39 is 0 Å². The summed E-state index contributed by atoms with van der Waals surface area (Å²) in [5, 5.41) is 0. The highest BCUT2D eigenvalue weighted by Gasteiger charge is 2.13. The number of anilines is 1. The van der Waals surface area contributed by atoms with Gasteiger partial charge in [0.15, 0.2) is 0 Å². The third kappa shape index (κ3) is 0.703. The third-order valence-corrected chi connectivity index (χ3v) is 1.93. The summed E-state index contributed by atoms with van der Waals surface area (Å²) in [6.07, 6.45) is 2.25. The molecule has 1 heterocycles. The molecule has 10 heavy (non-hydrogen) atoms. The van der Waals surface area contributed by atoms with Crippen molar-refractivity contribution in [3.63, 3.8) is 0 Å². The first-order valence-electron chi connectivity index (χ1n) is 3.51. The van der Waals surface area contributed by atoms with Crippen LogP contribution in [0.25, 0.3) is 0 Å². The fourth-order valence-electron chi connectivity index (χ4n) is 1.34. The van der Waals surface area contributed by atoms with E-state index in [-0.39, 0.29) is 0 Å². The fourth-order valence-corrected chi connectivity index (χ4v) is 1.34. The summed E-state index contributed by atoms with van der Waals surface area (Å²) in [4.78, 5) is 2.25. The molecule has 1 aromatic rings. The summed E-state index contributed by atoms with van der Waals surface area (Å²) in [6, 6.07) is 8.46. The van der Waals surface area contributed by atoms with Crippen molar-refractivity contribution in [2.45, 2.75) is 0 Å². The zero-order valence-corrected chi connectivity index (χ0v) is 6.04. The van der Waals surface area contributed by atoms with Crippen molar-refractivity contribution in [3.8, 4) is 0 Å². The summed E-state index contributed by atoms with van der Waals surface area (Å²) >= 11 is 0. The molecule has 1 radical (unpaired) electrons. The van der Waals surface area contributed by atoms with E-state index in [1.807, 2.05) is 0 Å². The normalized spacial score (nSPS) is 15.5. The first kappa shape index (κ1) is 5.78. The Morgan fingerprint density at radius 1 is 1.30 bits per heavy atom. The third-order valence-electron chi connectivity index (χ3n) is 1.93. The Hall–Kier alpha value is -0.980. The number of rotatable bonds is 0. The van der Waals surface area contributed by atoms with Crippen molar-refractivity contribution < 1.29 is 0 Å². The van der Waals surface area contributed by atoms with Gasteiger partial charge in [-0.1, -0.05) is 18.2 Å². The molecule has 0 spiro atoms. The van der Waals surface area contributed by atoms with Crippen LogP contribution in [0.1, 0.15) is 5.56 Å². The maximum Gasteiger partial charge on any atom is 0.0400 e. The van der Waals surface area contributed by atoms with Gasteiger partial charge in [0.05, 0.1) is 0 Å². The van der Waals surface area contributed by atoms with Gasteiger partial charge in [0, 0.05) is 25.7 Å². The summed E-state index contributed by atoms with van der Waals surface area (Å²) in [6.45, 7) is 1.05. The molecule has 1 aliphatic heterocycles. The predicted octanol–water partition coefficient (Wildman–Crippen LogP) is 1.69. The van der Waals surface area contributed by atoms with E-state index in [9.17, 15) is 0 Å². The van der Waals surface area contributed by atoms with Crippen LogP contribution >= 0.6 is 0 Å². The number of likely N-dealkylation sites (N-methyl/N-ethyl adjacent to an activating group) is 1. The van der Waals surface area contributed by atoms with Gasteiger partial charge < -0.3 is 4.90 Å². The predicted molar refractivity (Wildman–Crippen MR) is 43.1 cm³/mol. The van der Waals surface area contributed by atoms with Crippen molar-refractivity contribution in [2.75, 3.05) is 18.5 Å². The molecular weight excluding hydrogens is 122 g/mol. The minimum atomic E-state index is 1.05. The van der Waals surface area contributed by atoms with Crippen LogP contribution in [0.5, 0.6) is 0 Å². The van der Waals surface area contributed by atoms with Crippen molar-refractivity contribution in [1.29, 1.82) is 0 Å². The number of fused-ring (bicyclic) bond motifs is 1. The molecule has 0 amide bonds. The van der Waals surface area contributed by atoms with Crippen molar-refractivity contribution >= 4 is 5.69 Å². The molecule has 1 aromatic carbocycles. The molecule has 1 heteroatoms. The van der Waals surface area contributed by atoms with Crippen LogP contribution in [0, 0.1) is 6.42 Å². The number of hydrogen-bond donors (Lipinski definition) is 0. The van der Waals surface area contributed by atoms with E-state index in [0.29, 0.717) is 0 Å². The van der Waals surface area contributed by atoms with E-state index in [1.54, 1.807) is 0 Å². The average molecular weight is 132 g/mol. The molecular formula is C9H10N. The minimum absolute atomic E-state index is 1.05. The molecule has 1 nitrogen and oxygen atoms in total. The Morgan fingerprint density at radius 2 is 2.10 bits per heavy atom. The van der Waals surface area contributed by atoms with Crippen LogP contribution in [-0.2, 0) is 0 Å². The quantitative estimate of drug-likeness (QED) is 0.519. The highest BCUT2D eigenvalue weighted by atomic mass is 15.1. The second-order valence-corrected chi connectivity index (χ2v) is 2.64. The largest absolute Gasteiger partial charge is 0.374 e. The van der Waals surface area contributed by atoms with Gasteiger partial charge in [-0.2, -0.15) is 0 Å². The Bertz CT molecular complexity index is 242. The van der Waals surface area contributed by atoms with E-state index in [1.165, 1.54) is 11.3 Å². The zero-order chi connectivity index (χ0) is 6.97. The van der Waals surface area contributed by atoms with Crippen LogP contribution in [-0.4, -0.2) is 13.6 Å². The van der Waals surface area contributed by atoms with Gasteiger partial charge in [-0.05, 0) is 11.6 Å². The maximum atomic E-state index is 2.25. The van der Waals surface area contributed by atoms with Gasteiger partial charge in [0.25, 0.3) is 0 Å². The van der Waals surface area contributed by atoms with Crippen molar-refractivity contribution in [3.05, 3.63) is 36.2 Å². The molecule has 0 bridgehead atoms. The summed E-state index contributed by atoms with van der Waals surface area (Å²) < 4.78 is 0. The van der Waals surface area contributed by atoms with Gasteiger partial charge in [-0.15, -0.1) is 0 Å². The Kier molecular flexibility index (Phi) is 1.16. The molecule has 0 atom stereocenters. The van der Waals surface area contributed by atoms with Crippen LogP contribution in [0.3, 0.4) is 0 Å². The highest BCUT2D eigenvalue weighted by Crippen LogP contribution is 2.26. The van der Waals surface area contributed by atoms with Crippen LogP contribution in [0.15, 0.2) is 24.3 Å². The molecule has 0 fully saturated rings. The zero-order valence-electron chi connectivity index (χ0n) is 6.04. The van der Waals surface area contributed by atoms with E-state index >= 15 is 0 Å². The first-order chi connectivity index (χ1) is 4.88. The Balaban J connectivity index is 2.51. The van der Waals surface area contributed by atoms with Crippen molar-refractivity contribution in [1.82, 2.24) is 0 Å². The van der Waals surface area contributed by atoms with E-state index in [2.05, 4.69) is 42.6 Å². The summed E-state index contributed by atoms with van der Waals surface area (Å²) in [5.41, 5.74) is 2.72. The maximum absolute atomic E-state index is 2.25. The molecule has 0 saturated heterocycles. The van der Waals surface area contributed by atoms with Crippen LogP contribution in [0.2, 0.25) is 0 Å². The smallest absolute Gasteiger partial charge is 0.0400 e. The monoisotopic (exact) mass is 132 g/mol.